The van der Waals surface area contributed by atoms with Gasteiger partial charge < -0.3 is 10.2 Å². The number of hydrogen-bond acceptors (Lipinski definition) is 4. The molecule has 3 rings (SSSR count). The van der Waals surface area contributed by atoms with Crippen molar-refractivity contribution in [1.82, 2.24) is 10.2 Å². The number of carbonyl (C=O) groups excluding carboxylic acids is 2. The maximum absolute atomic E-state index is 14.0. The summed E-state index contributed by atoms with van der Waals surface area (Å²) in [4.78, 5) is 28.6. The number of nitrogens with zero attached hydrogens (tertiary/aromatic N) is 2. The first kappa shape index (κ1) is 31.5. The summed E-state index contributed by atoms with van der Waals surface area (Å²) >= 11 is 12.3. The van der Waals surface area contributed by atoms with Gasteiger partial charge in [0.1, 0.15) is 12.6 Å². The number of aryl methyl sites for hydroxylation is 2. The summed E-state index contributed by atoms with van der Waals surface area (Å²) in [6.07, 6.45) is 0. The fourth-order valence-electron chi connectivity index (χ4n) is 4.23. The molecule has 3 aromatic carbocycles. The smallest absolute Gasteiger partial charge is 0.264 e. The third-order valence-corrected chi connectivity index (χ3v) is 8.63. The highest BCUT2D eigenvalue weighted by Crippen LogP contribution is 2.27. The lowest BCUT2D eigenvalue weighted by Crippen LogP contribution is -2.54. The Balaban J connectivity index is 2.07. The van der Waals surface area contributed by atoms with Gasteiger partial charge in [-0.3, -0.25) is 13.9 Å². The van der Waals surface area contributed by atoms with Crippen LogP contribution in [-0.4, -0.2) is 43.3 Å². The third-order valence-electron chi connectivity index (χ3n) is 6.11. The van der Waals surface area contributed by atoms with Crippen LogP contribution in [0, 0.1) is 13.8 Å². The van der Waals surface area contributed by atoms with Gasteiger partial charge in [-0.2, -0.15) is 0 Å². The van der Waals surface area contributed by atoms with Gasteiger partial charge in [0.2, 0.25) is 11.8 Å². The first-order chi connectivity index (χ1) is 18.6. The predicted octanol–water partition coefficient (Wildman–Crippen LogP) is 6.14. The topological polar surface area (TPSA) is 86.8 Å². The lowest BCUT2D eigenvalue weighted by molar-refractivity contribution is -0.140. The number of anilines is 1. The first-order valence-electron chi connectivity index (χ1n) is 12.8. The Hall–Kier alpha value is -3.07. The second kappa shape index (κ2) is 12.6. The molecule has 3 aromatic rings. The van der Waals surface area contributed by atoms with Gasteiger partial charge in [0.15, 0.2) is 0 Å². The Labute approximate surface area is 247 Å². The Bertz CT molecular complexity index is 1470. The fraction of sp³-hybridized carbons (Fsp3) is 0.333. The van der Waals surface area contributed by atoms with Crippen molar-refractivity contribution < 1.29 is 18.0 Å². The minimum absolute atomic E-state index is 0.0144. The van der Waals surface area contributed by atoms with E-state index in [4.69, 9.17) is 23.2 Å². The molecule has 0 radical (unpaired) electrons. The van der Waals surface area contributed by atoms with Crippen molar-refractivity contribution >= 4 is 50.7 Å². The maximum atomic E-state index is 14.0. The molecule has 10 heteroatoms. The molecule has 0 bridgehead atoms. The van der Waals surface area contributed by atoms with Gasteiger partial charge >= 0.3 is 0 Å². The SMILES string of the molecule is Cc1cc(C)cc(N(CC(=O)N(Cc2ccc(Cl)c(Cl)c2)C(C)C(=O)NC(C)(C)C)S(=O)(=O)c2ccccc2)c1. The van der Waals surface area contributed by atoms with E-state index in [1.165, 1.54) is 17.0 Å². The normalized spacial score (nSPS) is 12.5. The quantitative estimate of drug-likeness (QED) is 0.318. The molecule has 1 N–H and O–H groups in total. The molecule has 0 spiro atoms. The maximum Gasteiger partial charge on any atom is 0.264 e. The van der Waals surface area contributed by atoms with Crippen molar-refractivity contribution in [3.63, 3.8) is 0 Å². The molecular formula is C30H35Cl2N3O4S. The van der Waals surface area contributed by atoms with Gasteiger partial charge in [-0.15, -0.1) is 0 Å². The Kier molecular flexibility index (Phi) is 9.93. The van der Waals surface area contributed by atoms with E-state index in [0.29, 0.717) is 21.3 Å². The molecule has 0 aliphatic heterocycles. The molecule has 1 unspecified atom stereocenters. The summed E-state index contributed by atoms with van der Waals surface area (Å²) in [6.45, 7) is 10.4. The van der Waals surface area contributed by atoms with Crippen LogP contribution in [0.4, 0.5) is 5.69 Å². The largest absolute Gasteiger partial charge is 0.350 e. The van der Waals surface area contributed by atoms with E-state index in [-0.39, 0.29) is 17.3 Å². The van der Waals surface area contributed by atoms with E-state index in [0.717, 1.165) is 15.4 Å². The zero-order chi connectivity index (χ0) is 29.8. The van der Waals surface area contributed by atoms with Gasteiger partial charge in [-0.05, 0) is 94.6 Å². The molecule has 0 heterocycles. The number of sulfonamides is 1. The van der Waals surface area contributed by atoms with Gasteiger partial charge in [-0.1, -0.05) is 53.5 Å². The number of carbonyl (C=O) groups is 2. The van der Waals surface area contributed by atoms with Gasteiger partial charge in [0.25, 0.3) is 10.0 Å². The van der Waals surface area contributed by atoms with Crippen LogP contribution < -0.4 is 9.62 Å². The first-order valence-corrected chi connectivity index (χ1v) is 15.0. The average Bonchev–Trinajstić information content (AvgIpc) is 2.86. The minimum Gasteiger partial charge on any atom is -0.350 e. The summed E-state index contributed by atoms with van der Waals surface area (Å²) in [5.74, 6) is -0.925. The van der Waals surface area contributed by atoms with Crippen molar-refractivity contribution in [2.75, 3.05) is 10.8 Å². The van der Waals surface area contributed by atoms with E-state index >= 15 is 0 Å². The van der Waals surface area contributed by atoms with Crippen LogP contribution >= 0.6 is 23.2 Å². The molecule has 0 aromatic heterocycles. The summed E-state index contributed by atoms with van der Waals surface area (Å²) in [6, 6.07) is 17.4. The highest BCUT2D eigenvalue weighted by Gasteiger charge is 2.33. The Morgan fingerprint density at radius 2 is 1.50 bits per heavy atom. The zero-order valence-corrected chi connectivity index (χ0v) is 25.9. The second-order valence-electron chi connectivity index (χ2n) is 10.9. The third kappa shape index (κ3) is 7.99. The van der Waals surface area contributed by atoms with Crippen LogP contribution in [-0.2, 0) is 26.2 Å². The van der Waals surface area contributed by atoms with Crippen LogP contribution in [0.2, 0.25) is 10.0 Å². The number of amides is 2. The number of nitrogens with one attached hydrogen (secondary N) is 1. The summed E-state index contributed by atoms with van der Waals surface area (Å²) in [5, 5.41) is 3.57. The molecule has 40 heavy (non-hydrogen) atoms. The fourth-order valence-corrected chi connectivity index (χ4v) is 5.97. The number of hydrogen-bond donors (Lipinski definition) is 1. The van der Waals surface area contributed by atoms with E-state index in [1.54, 1.807) is 55.5 Å². The summed E-state index contributed by atoms with van der Waals surface area (Å²) < 4.78 is 28.9. The lowest BCUT2D eigenvalue weighted by atomic mass is 10.1. The van der Waals surface area contributed by atoms with Crippen molar-refractivity contribution in [1.29, 1.82) is 0 Å². The number of benzene rings is 3. The van der Waals surface area contributed by atoms with Crippen molar-refractivity contribution in [3.05, 3.63) is 93.5 Å². The molecule has 1 atom stereocenters. The monoisotopic (exact) mass is 603 g/mol. The number of halogens is 2. The average molecular weight is 605 g/mol. The van der Waals surface area contributed by atoms with E-state index in [9.17, 15) is 18.0 Å². The molecule has 7 nitrogen and oxygen atoms in total. The van der Waals surface area contributed by atoms with Crippen molar-refractivity contribution in [2.45, 2.75) is 64.6 Å². The minimum atomic E-state index is -4.13. The molecule has 0 saturated heterocycles. The summed E-state index contributed by atoms with van der Waals surface area (Å²) in [7, 11) is -4.13. The molecule has 0 aliphatic rings. The van der Waals surface area contributed by atoms with E-state index in [2.05, 4.69) is 5.32 Å². The van der Waals surface area contributed by atoms with Crippen LogP contribution in [0.15, 0.2) is 71.6 Å². The van der Waals surface area contributed by atoms with Gasteiger partial charge in [-0.25, -0.2) is 8.42 Å². The van der Waals surface area contributed by atoms with Crippen molar-refractivity contribution in [3.8, 4) is 0 Å². The van der Waals surface area contributed by atoms with Crippen LogP contribution in [0.5, 0.6) is 0 Å². The molecule has 0 fully saturated rings. The molecule has 2 amide bonds. The zero-order valence-electron chi connectivity index (χ0n) is 23.5. The highest BCUT2D eigenvalue weighted by molar-refractivity contribution is 7.92. The molecule has 214 valence electrons. The standard InChI is InChI=1S/C30H35Cl2N3O4S/c1-20-14-21(2)16-24(15-20)35(40(38,39)25-10-8-7-9-11-25)19-28(36)34(22(3)29(37)33-30(4,5)6)18-23-12-13-26(31)27(32)17-23/h7-17,22H,18-19H2,1-6H3,(H,33,37). The number of rotatable bonds is 9. The predicted molar refractivity (Wildman–Crippen MR) is 161 cm³/mol. The van der Waals surface area contributed by atoms with Crippen molar-refractivity contribution in [2.24, 2.45) is 0 Å². The molecule has 0 saturated carbocycles. The van der Waals surface area contributed by atoms with Gasteiger partial charge in [0.05, 0.1) is 20.6 Å². The van der Waals surface area contributed by atoms with Gasteiger partial charge in [0, 0.05) is 12.1 Å². The van der Waals surface area contributed by atoms with E-state index in [1.807, 2.05) is 40.7 Å². The molecule has 0 aliphatic carbocycles. The highest BCUT2D eigenvalue weighted by atomic mass is 35.5. The van der Waals surface area contributed by atoms with Crippen LogP contribution in [0.3, 0.4) is 0 Å². The van der Waals surface area contributed by atoms with Crippen LogP contribution in [0.25, 0.3) is 0 Å². The lowest BCUT2D eigenvalue weighted by Gasteiger charge is -2.33. The van der Waals surface area contributed by atoms with E-state index < -0.39 is 34.1 Å². The summed E-state index contributed by atoms with van der Waals surface area (Å²) in [5.41, 5.74) is 2.16. The Morgan fingerprint density at radius 3 is 2.05 bits per heavy atom. The second-order valence-corrected chi connectivity index (χ2v) is 13.5. The van der Waals surface area contributed by atoms with Crippen LogP contribution in [0.1, 0.15) is 44.4 Å². The molecular weight excluding hydrogens is 569 g/mol. The Morgan fingerprint density at radius 1 is 0.900 bits per heavy atom.